The average molecular weight is 254 g/mol. The van der Waals surface area contributed by atoms with E-state index in [1.165, 1.54) is 12.1 Å². The average Bonchev–Trinajstić information content (AvgIpc) is 2.36. The van der Waals surface area contributed by atoms with Crippen molar-refractivity contribution in [1.29, 1.82) is 0 Å². The molecule has 0 aliphatic rings. The first-order chi connectivity index (χ1) is 8.39. The zero-order chi connectivity index (χ0) is 13.8. The SMILES string of the molecule is CCC(C)(C)OCc1ccc(F)cc1C(N)=NO. The van der Waals surface area contributed by atoms with Crippen molar-refractivity contribution in [1.82, 2.24) is 0 Å². The fourth-order valence-electron chi connectivity index (χ4n) is 1.34. The molecule has 0 heterocycles. The lowest BCUT2D eigenvalue weighted by atomic mass is 10.0. The van der Waals surface area contributed by atoms with E-state index in [2.05, 4.69) is 5.16 Å². The smallest absolute Gasteiger partial charge is 0.170 e. The molecule has 1 aromatic carbocycles. The predicted octanol–water partition coefficient (Wildman–Crippen LogP) is 2.63. The summed E-state index contributed by atoms with van der Waals surface area (Å²) in [5, 5.41) is 11.6. The van der Waals surface area contributed by atoms with Crippen LogP contribution in [0.25, 0.3) is 0 Å². The fourth-order valence-corrected chi connectivity index (χ4v) is 1.34. The Morgan fingerprint density at radius 1 is 1.50 bits per heavy atom. The first-order valence-electron chi connectivity index (χ1n) is 5.80. The lowest BCUT2D eigenvalue weighted by Crippen LogP contribution is -2.24. The Bertz CT molecular complexity index is 445. The molecule has 0 atom stereocenters. The highest BCUT2D eigenvalue weighted by Crippen LogP contribution is 2.19. The van der Waals surface area contributed by atoms with Gasteiger partial charge < -0.3 is 15.7 Å². The molecule has 0 saturated carbocycles. The molecule has 100 valence electrons. The summed E-state index contributed by atoms with van der Waals surface area (Å²) < 4.78 is 18.9. The molecule has 0 fully saturated rings. The summed E-state index contributed by atoms with van der Waals surface area (Å²) in [5.74, 6) is -0.558. The standard InChI is InChI=1S/C13H19FN2O2/c1-4-13(2,3)18-8-9-5-6-10(14)7-11(9)12(15)16-17/h5-7,17H,4,8H2,1-3H3,(H2,15,16). The van der Waals surface area contributed by atoms with Gasteiger partial charge in [0.1, 0.15) is 5.82 Å². The number of hydrogen-bond acceptors (Lipinski definition) is 3. The Kier molecular flexibility index (Phi) is 4.67. The van der Waals surface area contributed by atoms with Crippen molar-refractivity contribution >= 4 is 5.84 Å². The van der Waals surface area contributed by atoms with Crippen LogP contribution in [0, 0.1) is 5.82 Å². The number of hydrogen-bond donors (Lipinski definition) is 2. The van der Waals surface area contributed by atoms with Crippen LogP contribution in [0.15, 0.2) is 23.4 Å². The second-order valence-electron chi connectivity index (χ2n) is 4.69. The number of halogens is 1. The third-order valence-corrected chi connectivity index (χ3v) is 2.93. The van der Waals surface area contributed by atoms with E-state index < -0.39 is 5.82 Å². The van der Waals surface area contributed by atoms with Gasteiger partial charge >= 0.3 is 0 Å². The van der Waals surface area contributed by atoms with Gasteiger partial charge in [0.2, 0.25) is 0 Å². The Hall–Kier alpha value is -1.62. The van der Waals surface area contributed by atoms with E-state index in [1.54, 1.807) is 6.07 Å². The maximum Gasteiger partial charge on any atom is 0.170 e. The largest absolute Gasteiger partial charge is 0.409 e. The summed E-state index contributed by atoms with van der Waals surface area (Å²) >= 11 is 0. The molecule has 3 N–H and O–H groups in total. The van der Waals surface area contributed by atoms with Crippen molar-refractivity contribution in [3.8, 4) is 0 Å². The maximum absolute atomic E-state index is 13.2. The van der Waals surface area contributed by atoms with Gasteiger partial charge in [-0.25, -0.2) is 4.39 Å². The van der Waals surface area contributed by atoms with Gasteiger partial charge in [0, 0.05) is 5.56 Å². The Morgan fingerprint density at radius 3 is 2.72 bits per heavy atom. The fraction of sp³-hybridized carbons (Fsp3) is 0.462. The lowest BCUT2D eigenvalue weighted by molar-refractivity contribution is -0.0316. The highest BCUT2D eigenvalue weighted by Gasteiger charge is 2.17. The molecule has 0 bridgehead atoms. The number of nitrogens with zero attached hydrogens (tertiary/aromatic N) is 1. The van der Waals surface area contributed by atoms with E-state index in [1.807, 2.05) is 20.8 Å². The van der Waals surface area contributed by atoms with Crippen molar-refractivity contribution in [2.45, 2.75) is 39.4 Å². The molecule has 0 saturated heterocycles. The molecule has 0 unspecified atom stereocenters. The molecule has 18 heavy (non-hydrogen) atoms. The van der Waals surface area contributed by atoms with Gasteiger partial charge in [-0.2, -0.15) is 0 Å². The first kappa shape index (κ1) is 14.4. The van der Waals surface area contributed by atoms with Crippen LogP contribution in [0.5, 0.6) is 0 Å². The number of amidine groups is 1. The van der Waals surface area contributed by atoms with Gasteiger partial charge in [0.25, 0.3) is 0 Å². The zero-order valence-electron chi connectivity index (χ0n) is 10.9. The van der Waals surface area contributed by atoms with Crippen LogP contribution in [0.3, 0.4) is 0 Å². The molecule has 0 radical (unpaired) electrons. The Morgan fingerprint density at radius 2 is 2.17 bits per heavy atom. The normalized spacial score (nSPS) is 12.8. The van der Waals surface area contributed by atoms with Crippen molar-refractivity contribution in [2.24, 2.45) is 10.9 Å². The second-order valence-corrected chi connectivity index (χ2v) is 4.69. The number of oxime groups is 1. The number of nitrogens with two attached hydrogens (primary N) is 1. The van der Waals surface area contributed by atoms with Gasteiger partial charge in [0.05, 0.1) is 12.2 Å². The van der Waals surface area contributed by atoms with Crippen LogP contribution >= 0.6 is 0 Å². The Balaban J connectivity index is 2.95. The summed E-state index contributed by atoms with van der Waals surface area (Å²) in [5.41, 5.74) is 6.29. The highest BCUT2D eigenvalue weighted by molar-refractivity contribution is 5.98. The minimum Gasteiger partial charge on any atom is -0.409 e. The molecular formula is C13H19FN2O2. The van der Waals surface area contributed by atoms with Crippen LogP contribution in [-0.4, -0.2) is 16.6 Å². The molecule has 0 aromatic heterocycles. The summed E-state index contributed by atoms with van der Waals surface area (Å²) in [4.78, 5) is 0. The van der Waals surface area contributed by atoms with Gasteiger partial charge in [-0.3, -0.25) is 0 Å². The quantitative estimate of drug-likeness (QED) is 0.367. The summed E-state index contributed by atoms with van der Waals surface area (Å²) in [6.45, 7) is 6.25. The summed E-state index contributed by atoms with van der Waals surface area (Å²) in [6, 6.07) is 4.13. The number of ether oxygens (including phenoxy) is 1. The van der Waals surface area contributed by atoms with Gasteiger partial charge in [-0.05, 0) is 38.0 Å². The number of benzene rings is 1. The number of rotatable bonds is 5. The minimum atomic E-state index is -0.435. The molecule has 0 amide bonds. The van der Waals surface area contributed by atoms with Crippen molar-refractivity contribution in [2.75, 3.05) is 0 Å². The third-order valence-electron chi connectivity index (χ3n) is 2.93. The van der Waals surface area contributed by atoms with Gasteiger partial charge in [0.15, 0.2) is 5.84 Å². The van der Waals surface area contributed by atoms with Crippen LogP contribution in [-0.2, 0) is 11.3 Å². The minimum absolute atomic E-state index is 0.123. The topological polar surface area (TPSA) is 67.8 Å². The van der Waals surface area contributed by atoms with Crippen LogP contribution in [0.2, 0.25) is 0 Å². The van der Waals surface area contributed by atoms with E-state index in [0.717, 1.165) is 6.42 Å². The molecule has 4 nitrogen and oxygen atoms in total. The predicted molar refractivity (Wildman–Crippen MR) is 68.1 cm³/mol. The van der Waals surface area contributed by atoms with E-state index in [-0.39, 0.29) is 18.0 Å². The van der Waals surface area contributed by atoms with Crippen LogP contribution in [0.4, 0.5) is 4.39 Å². The van der Waals surface area contributed by atoms with E-state index in [0.29, 0.717) is 11.1 Å². The van der Waals surface area contributed by atoms with E-state index >= 15 is 0 Å². The third kappa shape index (κ3) is 3.70. The van der Waals surface area contributed by atoms with Crippen molar-refractivity contribution in [3.05, 3.63) is 35.1 Å². The summed E-state index contributed by atoms with van der Waals surface area (Å²) in [7, 11) is 0. The molecule has 1 rings (SSSR count). The summed E-state index contributed by atoms with van der Waals surface area (Å²) in [6.07, 6.45) is 0.854. The van der Waals surface area contributed by atoms with Gasteiger partial charge in [-0.15, -0.1) is 0 Å². The molecule has 0 spiro atoms. The lowest BCUT2D eigenvalue weighted by Gasteiger charge is -2.24. The molecule has 0 aliphatic heterocycles. The molecule has 5 heteroatoms. The molecule has 1 aromatic rings. The molecule has 0 aliphatic carbocycles. The van der Waals surface area contributed by atoms with E-state index in [9.17, 15) is 4.39 Å². The van der Waals surface area contributed by atoms with Crippen LogP contribution in [0.1, 0.15) is 38.3 Å². The van der Waals surface area contributed by atoms with Crippen LogP contribution < -0.4 is 5.73 Å². The zero-order valence-corrected chi connectivity index (χ0v) is 10.9. The Labute approximate surface area is 106 Å². The maximum atomic E-state index is 13.2. The first-order valence-corrected chi connectivity index (χ1v) is 5.80. The van der Waals surface area contributed by atoms with Crippen molar-refractivity contribution < 1.29 is 14.3 Å². The van der Waals surface area contributed by atoms with Crippen molar-refractivity contribution in [3.63, 3.8) is 0 Å². The second kappa shape index (κ2) is 5.82. The highest BCUT2D eigenvalue weighted by atomic mass is 19.1. The van der Waals surface area contributed by atoms with Gasteiger partial charge in [-0.1, -0.05) is 18.1 Å². The monoisotopic (exact) mass is 254 g/mol. The van der Waals surface area contributed by atoms with E-state index in [4.69, 9.17) is 15.7 Å². The molecular weight excluding hydrogens is 235 g/mol.